The van der Waals surface area contributed by atoms with Gasteiger partial charge in [-0.3, -0.25) is 4.99 Å². The van der Waals surface area contributed by atoms with Crippen molar-refractivity contribution in [3.05, 3.63) is 23.8 Å². The van der Waals surface area contributed by atoms with Crippen molar-refractivity contribution in [1.82, 2.24) is 10.2 Å². The number of alkyl halides is 3. The molecule has 156 valence electrons. The first-order valence-electron chi connectivity index (χ1n) is 9.24. The highest BCUT2D eigenvalue weighted by Crippen LogP contribution is 2.38. The van der Waals surface area contributed by atoms with Gasteiger partial charge in [0.2, 0.25) is 0 Å². The summed E-state index contributed by atoms with van der Waals surface area (Å²) >= 11 is 0. The van der Waals surface area contributed by atoms with E-state index in [2.05, 4.69) is 15.2 Å². The van der Waals surface area contributed by atoms with Gasteiger partial charge in [0.1, 0.15) is 0 Å². The molecule has 1 aromatic carbocycles. The van der Waals surface area contributed by atoms with Crippen molar-refractivity contribution in [2.45, 2.75) is 25.6 Å². The second-order valence-electron chi connectivity index (χ2n) is 7.26. The lowest BCUT2D eigenvalue weighted by Gasteiger charge is -2.25. The number of halogens is 3. The normalized spacial score (nSPS) is 22.8. The van der Waals surface area contributed by atoms with Crippen LogP contribution in [0.5, 0.6) is 11.5 Å². The zero-order valence-corrected chi connectivity index (χ0v) is 16.1. The molecule has 2 aliphatic heterocycles. The maximum absolute atomic E-state index is 12.4. The van der Waals surface area contributed by atoms with Crippen LogP contribution in [-0.2, 0) is 11.3 Å². The van der Waals surface area contributed by atoms with Gasteiger partial charge in [0.15, 0.2) is 24.1 Å². The van der Waals surface area contributed by atoms with Gasteiger partial charge in [0.05, 0.1) is 13.7 Å². The Morgan fingerprint density at radius 3 is 2.79 bits per heavy atom. The fourth-order valence-electron chi connectivity index (χ4n) is 3.70. The molecule has 1 unspecified atom stereocenters. The van der Waals surface area contributed by atoms with E-state index in [1.54, 1.807) is 19.2 Å². The van der Waals surface area contributed by atoms with E-state index in [1.165, 1.54) is 13.2 Å². The van der Waals surface area contributed by atoms with Crippen LogP contribution in [0.1, 0.15) is 18.4 Å². The Balaban J connectivity index is 1.58. The molecule has 2 aliphatic rings. The SMILES string of the molecule is CN=C(NCc1ccc(OCC(F)(F)F)c(OC)c1)N1CCC2(CCOC2)C1. The van der Waals surface area contributed by atoms with Gasteiger partial charge in [-0.25, -0.2) is 0 Å². The number of rotatable bonds is 5. The molecule has 3 rings (SSSR count). The van der Waals surface area contributed by atoms with E-state index >= 15 is 0 Å². The van der Waals surface area contributed by atoms with E-state index < -0.39 is 12.8 Å². The fourth-order valence-corrected chi connectivity index (χ4v) is 3.70. The van der Waals surface area contributed by atoms with Gasteiger partial charge in [0.25, 0.3) is 0 Å². The summed E-state index contributed by atoms with van der Waals surface area (Å²) in [5.41, 5.74) is 1.09. The van der Waals surface area contributed by atoms with Crippen molar-refractivity contribution >= 4 is 5.96 Å². The Bertz CT molecular complexity index is 703. The number of ether oxygens (including phenoxy) is 3. The van der Waals surface area contributed by atoms with E-state index in [-0.39, 0.29) is 16.9 Å². The van der Waals surface area contributed by atoms with Crippen LogP contribution in [0, 0.1) is 5.41 Å². The van der Waals surface area contributed by atoms with Gasteiger partial charge in [0, 0.05) is 38.7 Å². The van der Waals surface area contributed by atoms with E-state index in [1.807, 2.05) is 0 Å². The van der Waals surface area contributed by atoms with Gasteiger partial charge in [-0.2, -0.15) is 13.2 Å². The first kappa shape index (κ1) is 20.6. The summed E-state index contributed by atoms with van der Waals surface area (Å²) < 4.78 is 52.6. The standard InChI is InChI=1S/C19H26F3N3O3/c1-23-17(25-7-5-18(11-25)6-8-27-12-18)24-10-14-3-4-15(16(9-14)26-2)28-13-19(20,21)22/h3-4,9H,5-8,10-13H2,1-2H3,(H,23,24). The highest BCUT2D eigenvalue weighted by Gasteiger charge is 2.42. The minimum atomic E-state index is -4.39. The Morgan fingerprint density at radius 2 is 2.14 bits per heavy atom. The third-order valence-electron chi connectivity index (χ3n) is 5.20. The molecule has 1 N–H and O–H groups in total. The van der Waals surface area contributed by atoms with E-state index in [0.29, 0.717) is 6.54 Å². The van der Waals surface area contributed by atoms with Gasteiger partial charge in [-0.05, 0) is 30.5 Å². The third-order valence-corrected chi connectivity index (χ3v) is 5.20. The first-order valence-corrected chi connectivity index (χ1v) is 9.24. The number of likely N-dealkylation sites (tertiary alicyclic amines) is 1. The Morgan fingerprint density at radius 1 is 1.32 bits per heavy atom. The topological polar surface area (TPSA) is 55.3 Å². The van der Waals surface area contributed by atoms with Crippen LogP contribution < -0.4 is 14.8 Å². The number of nitrogens with zero attached hydrogens (tertiary/aromatic N) is 2. The van der Waals surface area contributed by atoms with Crippen molar-refractivity contribution in [2.75, 3.05) is 47.1 Å². The van der Waals surface area contributed by atoms with Crippen molar-refractivity contribution in [2.24, 2.45) is 10.4 Å². The number of methoxy groups -OCH3 is 1. The summed E-state index contributed by atoms with van der Waals surface area (Å²) in [5, 5.41) is 3.32. The minimum Gasteiger partial charge on any atom is -0.493 e. The van der Waals surface area contributed by atoms with Crippen LogP contribution in [0.3, 0.4) is 0 Å². The van der Waals surface area contributed by atoms with Gasteiger partial charge in [-0.15, -0.1) is 0 Å². The summed E-state index contributed by atoms with van der Waals surface area (Å²) in [6.07, 6.45) is -2.22. The van der Waals surface area contributed by atoms with Crippen molar-refractivity contribution in [1.29, 1.82) is 0 Å². The number of hydrogen-bond acceptors (Lipinski definition) is 4. The highest BCUT2D eigenvalue weighted by molar-refractivity contribution is 5.80. The Hall–Kier alpha value is -2.16. The average molecular weight is 401 g/mol. The lowest BCUT2D eigenvalue weighted by atomic mass is 9.87. The molecule has 0 radical (unpaired) electrons. The van der Waals surface area contributed by atoms with Crippen LogP contribution >= 0.6 is 0 Å². The van der Waals surface area contributed by atoms with Crippen LogP contribution in [0.4, 0.5) is 13.2 Å². The molecule has 0 saturated carbocycles. The first-order chi connectivity index (χ1) is 13.3. The van der Waals surface area contributed by atoms with Gasteiger partial charge in [-0.1, -0.05) is 6.07 Å². The molecular formula is C19H26F3N3O3. The number of hydrogen-bond donors (Lipinski definition) is 1. The number of aliphatic imine (C=N–C) groups is 1. The Kier molecular flexibility index (Phi) is 6.22. The maximum Gasteiger partial charge on any atom is 0.422 e. The molecule has 28 heavy (non-hydrogen) atoms. The molecule has 0 bridgehead atoms. The lowest BCUT2D eigenvalue weighted by molar-refractivity contribution is -0.153. The third kappa shape index (κ3) is 5.01. The number of benzene rings is 1. The predicted octanol–water partition coefficient (Wildman–Crippen LogP) is 2.82. The quantitative estimate of drug-likeness (QED) is 0.608. The molecule has 0 aromatic heterocycles. The number of nitrogens with one attached hydrogen (secondary N) is 1. The molecule has 2 heterocycles. The summed E-state index contributed by atoms with van der Waals surface area (Å²) in [6.45, 7) is 2.59. The second kappa shape index (κ2) is 8.46. The minimum absolute atomic E-state index is 0.0654. The average Bonchev–Trinajstić information content (AvgIpc) is 3.30. The second-order valence-corrected chi connectivity index (χ2v) is 7.26. The fraction of sp³-hybridized carbons (Fsp3) is 0.632. The molecule has 0 amide bonds. The van der Waals surface area contributed by atoms with Crippen molar-refractivity contribution in [3.63, 3.8) is 0 Å². The molecule has 9 heteroatoms. The Labute approximate surface area is 162 Å². The van der Waals surface area contributed by atoms with Crippen LogP contribution in [-0.4, -0.2) is 64.1 Å². The monoisotopic (exact) mass is 401 g/mol. The summed E-state index contributed by atoms with van der Waals surface area (Å²) in [6, 6.07) is 4.87. The molecule has 2 fully saturated rings. The van der Waals surface area contributed by atoms with Crippen LogP contribution in [0.25, 0.3) is 0 Å². The molecule has 1 atom stereocenters. The van der Waals surface area contributed by atoms with Gasteiger partial charge >= 0.3 is 6.18 Å². The maximum atomic E-state index is 12.4. The van der Waals surface area contributed by atoms with Crippen molar-refractivity contribution < 1.29 is 27.4 Å². The zero-order valence-electron chi connectivity index (χ0n) is 16.1. The largest absolute Gasteiger partial charge is 0.493 e. The number of guanidine groups is 1. The van der Waals surface area contributed by atoms with Gasteiger partial charge < -0.3 is 24.4 Å². The summed E-state index contributed by atoms with van der Waals surface area (Å²) in [5.74, 6) is 1.14. The summed E-state index contributed by atoms with van der Waals surface area (Å²) in [7, 11) is 3.15. The van der Waals surface area contributed by atoms with Crippen molar-refractivity contribution in [3.8, 4) is 11.5 Å². The predicted molar refractivity (Wildman–Crippen MR) is 98.8 cm³/mol. The van der Waals surface area contributed by atoms with E-state index in [4.69, 9.17) is 14.2 Å². The molecule has 0 aliphatic carbocycles. The van der Waals surface area contributed by atoms with E-state index in [9.17, 15) is 13.2 Å². The molecular weight excluding hydrogens is 375 g/mol. The van der Waals surface area contributed by atoms with Crippen LogP contribution in [0.15, 0.2) is 23.2 Å². The lowest BCUT2D eigenvalue weighted by Crippen LogP contribution is -2.41. The highest BCUT2D eigenvalue weighted by atomic mass is 19.4. The zero-order chi connectivity index (χ0) is 20.2. The van der Waals surface area contributed by atoms with Crippen LogP contribution in [0.2, 0.25) is 0 Å². The smallest absolute Gasteiger partial charge is 0.422 e. The molecule has 2 saturated heterocycles. The molecule has 1 aromatic rings. The molecule has 1 spiro atoms. The molecule has 6 nitrogen and oxygen atoms in total. The van der Waals surface area contributed by atoms with E-state index in [0.717, 1.165) is 50.7 Å². The summed E-state index contributed by atoms with van der Waals surface area (Å²) in [4.78, 5) is 6.59.